The Labute approximate surface area is 192 Å². The van der Waals surface area contributed by atoms with E-state index in [0.717, 1.165) is 34.7 Å². The van der Waals surface area contributed by atoms with Gasteiger partial charge >= 0.3 is 6.03 Å². The van der Waals surface area contributed by atoms with Gasteiger partial charge in [0, 0.05) is 18.0 Å². The van der Waals surface area contributed by atoms with Crippen LogP contribution in [0.3, 0.4) is 0 Å². The SMILES string of the molecule is NCc1cccc(Cl)c1N1c2ccccc2SC1NC(=O)NCCCc1ccccc1. The number of rotatable bonds is 7. The minimum absolute atomic E-state index is 0.204. The second-order valence-corrected chi connectivity index (χ2v) is 8.78. The zero-order chi connectivity index (χ0) is 21.6. The summed E-state index contributed by atoms with van der Waals surface area (Å²) >= 11 is 8.17. The maximum atomic E-state index is 12.7. The van der Waals surface area contributed by atoms with Crippen molar-refractivity contribution in [1.82, 2.24) is 10.6 Å². The number of carbonyl (C=O) groups excluding carboxylic acids is 1. The second-order valence-electron chi connectivity index (χ2n) is 7.25. The van der Waals surface area contributed by atoms with E-state index in [1.54, 1.807) is 11.8 Å². The molecule has 160 valence electrons. The number of thioether (sulfide) groups is 1. The summed E-state index contributed by atoms with van der Waals surface area (Å²) in [5.41, 5.74) is 9.70. The first-order chi connectivity index (χ1) is 15.2. The standard InChI is InChI=1S/C24H25ClN4OS/c25-19-12-6-11-18(16-26)22(19)29-20-13-4-5-14-21(20)31-24(29)28-23(30)27-15-7-10-17-8-2-1-3-9-17/h1-6,8-9,11-14,24H,7,10,15-16,26H2,(H2,27,28,30). The number of carbonyl (C=O) groups is 1. The molecule has 0 fully saturated rings. The van der Waals surface area contributed by atoms with Gasteiger partial charge in [-0.05, 0) is 42.2 Å². The van der Waals surface area contributed by atoms with Gasteiger partial charge in [-0.2, -0.15) is 0 Å². The monoisotopic (exact) mass is 452 g/mol. The largest absolute Gasteiger partial charge is 0.338 e. The van der Waals surface area contributed by atoms with Crippen LogP contribution in [0.25, 0.3) is 0 Å². The average Bonchev–Trinajstić information content (AvgIpc) is 3.14. The molecule has 0 bridgehead atoms. The highest BCUT2D eigenvalue weighted by molar-refractivity contribution is 8.00. The summed E-state index contributed by atoms with van der Waals surface area (Å²) < 4.78 is 0. The first-order valence-corrected chi connectivity index (χ1v) is 11.5. The van der Waals surface area contributed by atoms with Gasteiger partial charge in [0.25, 0.3) is 0 Å². The molecule has 0 spiro atoms. The van der Waals surface area contributed by atoms with Gasteiger partial charge < -0.3 is 21.3 Å². The summed E-state index contributed by atoms with van der Waals surface area (Å²) in [6, 6.07) is 23.8. The summed E-state index contributed by atoms with van der Waals surface area (Å²) in [4.78, 5) is 15.8. The lowest BCUT2D eigenvalue weighted by atomic mass is 10.1. The van der Waals surface area contributed by atoms with Gasteiger partial charge in [-0.3, -0.25) is 0 Å². The third-order valence-corrected chi connectivity index (χ3v) is 6.61. The van der Waals surface area contributed by atoms with E-state index in [4.69, 9.17) is 17.3 Å². The van der Waals surface area contributed by atoms with Crippen molar-refractivity contribution in [2.75, 3.05) is 11.4 Å². The zero-order valence-electron chi connectivity index (χ0n) is 17.1. The molecule has 0 aromatic heterocycles. The molecule has 3 aromatic rings. The summed E-state index contributed by atoms with van der Waals surface area (Å²) in [5.74, 6) is 0. The van der Waals surface area contributed by atoms with Crippen LogP contribution in [0, 0.1) is 0 Å². The first-order valence-electron chi connectivity index (χ1n) is 10.3. The van der Waals surface area contributed by atoms with E-state index in [0.29, 0.717) is 18.1 Å². The van der Waals surface area contributed by atoms with Crippen LogP contribution < -0.4 is 21.3 Å². The summed E-state index contributed by atoms with van der Waals surface area (Å²) in [5, 5.41) is 6.67. The number of halogens is 1. The quantitative estimate of drug-likeness (QED) is 0.428. The van der Waals surface area contributed by atoms with E-state index in [1.807, 2.05) is 60.7 Å². The fraction of sp³-hybridized carbons (Fsp3) is 0.208. The van der Waals surface area contributed by atoms with Gasteiger partial charge in [0.15, 0.2) is 5.50 Å². The van der Waals surface area contributed by atoms with Crippen LogP contribution in [0.5, 0.6) is 0 Å². The highest BCUT2D eigenvalue weighted by Crippen LogP contribution is 2.49. The normalized spacial score (nSPS) is 14.9. The van der Waals surface area contributed by atoms with Crippen LogP contribution >= 0.6 is 23.4 Å². The van der Waals surface area contributed by atoms with E-state index in [1.165, 1.54) is 5.56 Å². The molecule has 1 aliphatic heterocycles. The van der Waals surface area contributed by atoms with Crippen molar-refractivity contribution in [3.8, 4) is 0 Å². The van der Waals surface area contributed by atoms with Crippen molar-refractivity contribution < 1.29 is 4.79 Å². The maximum absolute atomic E-state index is 12.7. The fourth-order valence-electron chi connectivity index (χ4n) is 3.68. The maximum Gasteiger partial charge on any atom is 0.317 e. The number of hydrogen-bond donors (Lipinski definition) is 3. The number of anilines is 2. The Hall–Kier alpha value is -2.67. The lowest BCUT2D eigenvalue weighted by molar-refractivity contribution is 0.240. The molecule has 1 atom stereocenters. The van der Waals surface area contributed by atoms with Gasteiger partial charge in [0.05, 0.1) is 16.4 Å². The van der Waals surface area contributed by atoms with Gasteiger partial charge in [-0.1, -0.05) is 78.0 Å². The third-order valence-electron chi connectivity index (χ3n) is 5.15. The predicted molar refractivity (Wildman–Crippen MR) is 129 cm³/mol. The van der Waals surface area contributed by atoms with E-state index in [9.17, 15) is 4.79 Å². The lowest BCUT2D eigenvalue weighted by Gasteiger charge is -2.30. The van der Waals surface area contributed by atoms with Gasteiger partial charge in [0.2, 0.25) is 0 Å². The predicted octanol–water partition coefficient (Wildman–Crippen LogP) is 5.26. The number of benzene rings is 3. The van der Waals surface area contributed by atoms with E-state index >= 15 is 0 Å². The smallest absolute Gasteiger partial charge is 0.317 e. The molecule has 1 unspecified atom stereocenters. The minimum atomic E-state index is -0.322. The second kappa shape index (κ2) is 10.1. The number of fused-ring (bicyclic) bond motifs is 1. The molecular formula is C24H25ClN4OS. The zero-order valence-corrected chi connectivity index (χ0v) is 18.6. The average molecular weight is 453 g/mol. The van der Waals surface area contributed by atoms with Crippen molar-refractivity contribution in [1.29, 1.82) is 0 Å². The number of nitrogens with two attached hydrogens (primary N) is 1. The summed E-state index contributed by atoms with van der Waals surface area (Å²) in [7, 11) is 0. The van der Waals surface area contributed by atoms with E-state index in [-0.39, 0.29) is 11.5 Å². The molecule has 7 heteroatoms. The number of nitrogens with one attached hydrogen (secondary N) is 2. The molecule has 5 nitrogen and oxygen atoms in total. The fourth-order valence-corrected chi connectivity index (χ4v) is 5.14. The van der Waals surface area contributed by atoms with Crippen molar-refractivity contribution >= 4 is 40.8 Å². The third kappa shape index (κ3) is 4.98. The molecule has 0 radical (unpaired) electrons. The van der Waals surface area contributed by atoms with Crippen molar-refractivity contribution in [2.45, 2.75) is 29.8 Å². The Morgan fingerprint density at radius 3 is 2.61 bits per heavy atom. The van der Waals surface area contributed by atoms with E-state index < -0.39 is 0 Å². The minimum Gasteiger partial charge on any atom is -0.338 e. The van der Waals surface area contributed by atoms with Crippen molar-refractivity contribution in [3.63, 3.8) is 0 Å². The number of aryl methyl sites for hydroxylation is 1. The van der Waals surface area contributed by atoms with Gasteiger partial charge in [-0.25, -0.2) is 4.79 Å². The van der Waals surface area contributed by atoms with Crippen LogP contribution in [-0.2, 0) is 13.0 Å². The van der Waals surface area contributed by atoms with Crippen LogP contribution in [0.1, 0.15) is 17.5 Å². The highest BCUT2D eigenvalue weighted by Gasteiger charge is 2.34. The Kier molecular flexibility index (Phi) is 7.02. The first kappa shape index (κ1) is 21.6. The topological polar surface area (TPSA) is 70.4 Å². The highest BCUT2D eigenvalue weighted by atomic mass is 35.5. The Bertz CT molecular complexity index is 1050. The van der Waals surface area contributed by atoms with Gasteiger partial charge in [-0.15, -0.1) is 0 Å². The Balaban J connectivity index is 1.45. The molecule has 1 heterocycles. The molecular weight excluding hydrogens is 428 g/mol. The van der Waals surface area contributed by atoms with Crippen LogP contribution in [0.15, 0.2) is 77.7 Å². The molecule has 4 N–H and O–H groups in total. The molecule has 2 amide bonds. The lowest BCUT2D eigenvalue weighted by Crippen LogP contribution is -2.46. The number of para-hydroxylation sites is 2. The number of hydrogen-bond acceptors (Lipinski definition) is 4. The molecule has 0 saturated carbocycles. The van der Waals surface area contributed by atoms with Crippen LogP contribution in [0.2, 0.25) is 5.02 Å². The van der Waals surface area contributed by atoms with Crippen LogP contribution in [0.4, 0.5) is 16.2 Å². The molecule has 1 aliphatic rings. The summed E-state index contributed by atoms with van der Waals surface area (Å²) in [6.07, 6.45) is 1.80. The van der Waals surface area contributed by atoms with E-state index in [2.05, 4.69) is 27.7 Å². The number of urea groups is 1. The molecule has 0 saturated heterocycles. The molecule has 4 rings (SSSR count). The van der Waals surface area contributed by atoms with Crippen LogP contribution in [-0.4, -0.2) is 18.1 Å². The molecule has 3 aromatic carbocycles. The number of nitrogens with zero attached hydrogens (tertiary/aromatic N) is 1. The summed E-state index contributed by atoms with van der Waals surface area (Å²) in [6.45, 7) is 0.961. The van der Waals surface area contributed by atoms with Gasteiger partial charge in [0.1, 0.15) is 0 Å². The Morgan fingerprint density at radius 1 is 1.03 bits per heavy atom. The molecule has 0 aliphatic carbocycles. The van der Waals surface area contributed by atoms with Crippen molar-refractivity contribution in [3.05, 3.63) is 88.9 Å². The molecule has 31 heavy (non-hydrogen) atoms. The van der Waals surface area contributed by atoms with Crippen molar-refractivity contribution in [2.24, 2.45) is 5.73 Å². The number of amides is 2. The Morgan fingerprint density at radius 2 is 1.81 bits per heavy atom.